The van der Waals surface area contributed by atoms with Gasteiger partial charge in [0.15, 0.2) is 0 Å². The second-order valence-corrected chi connectivity index (χ2v) is 8.03. The van der Waals surface area contributed by atoms with E-state index in [1.165, 1.54) is 0 Å². The molecule has 0 bridgehead atoms. The Bertz CT molecular complexity index is 610. The molecule has 1 heterocycles. The fraction of sp³-hybridized carbons (Fsp3) is 0.579. The second-order valence-electron chi connectivity index (χ2n) is 7.59. The van der Waals surface area contributed by atoms with Crippen molar-refractivity contribution in [2.75, 3.05) is 19.6 Å². The second kappa shape index (κ2) is 8.19. The minimum atomic E-state index is -0.476. The lowest BCUT2D eigenvalue weighted by atomic mass is 10.1. The van der Waals surface area contributed by atoms with Gasteiger partial charge in [0.2, 0.25) is 5.91 Å². The summed E-state index contributed by atoms with van der Waals surface area (Å²) in [5, 5.41) is 3.66. The lowest BCUT2D eigenvalue weighted by Crippen LogP contribution is -2.38. The molecular weight excluding hydrogens is 340 g/mol. The van der Waals surface area contributed by atoms with Crippen molar-refractivity contribution in [3.8, 4) is 0 Å². The Hall–Kier alpha value is -1.59. The molecule has 0 aromatic heterocycles. The predicted molar refractivity (Wildman–Crippen MR) is 98.4 cm³/mol. The summed E-state index contributed by atoms with van der Waals surface area (Å²) < 4.78 is 5.43. The van der Waals surface area contributed by atoms with E-state index in [-0.39, 0.29) is 30.4 Å². The van der Waals surface area contributed by atoms with Crippen LogP contribution in [-0.2, 0) is 14.3 Å². The van der Waals surface area contributed by atoms with Crippen molar-refractivity contribution < 1.29 is 14.3 Å². The van der Waals surface area contributed by atoms with Crippen LogP contribution >= 0.6 is 11.6 Å². The Balaban J connectivity index is 1.79. The van der Waals surface area contributed by atoms with Crippen LogP contribution in [0.4, 0.5) is 0 Å². The maximum atomic E-state index is 12.3. The Labute approximate surface area is 154 Å². The van der Waals surface area contributed by atoms with Crippen molar-refractivity contribution in [2.45, 2.75) is 45.8 Å². The number of benzene rings is 1. The van der Waals surface area contributed by atoms with Crippen molar-refractivity contribution in [2.24, 2.45) is 5.92 Å². The molecule has 0 unspecified atom stereocenters. The highest BCUT2D eigenvalue weighted by molar-refractivity contribution is 6.30. The summed E-state index contributed by atoms with van der Waals surface area (Å²) in [6.45, 7) is 9.12. The molecule has 1 aromatic rings. The molecule has 0 saturated carbocycles. The van der Waals surface area contributed by atoms with Crippen molar-refractivity contribution in [3.05, 3.63) is 34.9 Å². The fourth-order valence-electron chi connectivity index (χ4n) is 2.88. The molecule has 1 amide bonds. The first kappa shape index (κ1) is 19.7. The molecule has 2 rings (SSSR count). The highest BCUT2D eigenvalue weighted by atomic mass is 35.5. The topological polar surface area (TPSA) is 58.6 Å². The van der Waals surface area contributed by atoms with Gasteiger partial charge in [-0.25, -0.2) is 0 Å². The zero-order valence-corrected chi connectivity index (χ0v) is 16.1. The molecule has 1 aliphatic rings. The van der Waals surface area contributed by atoms with Gasteiger partial charge in [-0.05, 0) is 58.4 Å². The number of nitrogens with one attached hydrogen (secondary N) is 1. The summed E-state index contributed by atoms with van der Waals surface area (Å²) in [6, 6.07) is 7.34. The molecule has 1 aromatic carbocycles. The summed E-state index contributed by atoms with van der Waals surface area (Å²) in [5.41, 5.74) is 0.529. The quantitative estimate of drug-likeness (QED) is 0.813. The number of esters is 1. The van der Waals surface area contributed by atoms with Gasteiger partial charge in [0.05, 0.1) is 18.5 Å². The average molecular weight is 367 g/mol. The summed E-state index contributed by atoms with van der Waals surface area (Å²) in [4.78, 5) is 26.4. The smallest absolute Gasteiger partial charge is 0.310 e. The monoisotopic (exact) mass is 366 g/mol. The molecule has 0 aliphatic carbocycles. The fourth-order valence-corrected chi connectivity index (χ4v) is 3.00. The maximum Gasteiger partial charge on any atom is 0.310 e. The van der Waals surface area contributed by atoms with Gasteiger partial charge in [0, 0.05) is 11.6 Å². The van der Waals surface area contributed by atoms with Crippen LogP contribution in [0.15, 0.2) is 24.3 Å². The van der Waals surface area contributed by atoms with Gasteiger partial charge in [0.1, 0.15) is 5.60 Å². The van der Waals surface area contributed by atoms with Crippen LogP contribution in [0, 0.1) is 5.92 Å². The minimum absolute atomic E-state index is 0.0488. The van der Waals surface area contributed by atoms with E-state index in [0.29, 0.717) is 11.6 Å². The third-order valence-electron chi connectivity index (χ3n) is 4.13. The van der Waals surface area contributed by atoms with Crippen molar-refractivity contribution >= 4 is 23.5 Å². The maximum absolute atomic E-state index is 12.3. The van der Waals surface area contributed by atoms with E-state index in [9.17, 15) is 9.59 Å². The number of likely N-dealkylation sites (tertiary alicyclic amines) is 1. The number of carbonyl (C=O) groups is 2. The summed E-state index contributed by atoms with van der Waals surface area (Å²) in [6.07, 6.45) is 0.731. The van der Waals surface area contributed by atoms with Crippen LogP contribution in [0.5, 0.6) is 0 Å². The number of halogens is 1. The Morgan fingerprint density at radius 3 is 2.56 bits per heavy atom. The molecule has 1 saturated heterocycles. The minimum Gasteiger partial charge on any atom is -0.460 e. The predicted octanol–water partition coefficient (Wildman–Crippen LogP) is 3.18. The molecule has 1 fully saturated rings. The Morgan fingerprint density at radius 2 is 1.96 bits per heavy atom. The highest BCUT2D eigenvalue weighted by Gasteiger charge is 2.32. The van der Waals surface area contributed by atoms with Gasteiger partial charge in [-0.2, -0.15) is 0 Å². The third-order valence-corrected chi connectivity index (χ3v) is 4.38. The number of nitrogens with zero attached hydrogens (tertiary/aromatic N) is 1. The molecule has 2 atom stereocenters. The summed E-state index contributed by atoms with van der Waals surface area (Å²) in [5.74, 6) is -0.377. The van der Waals surface area contributed by atoms with Gasteiger partial charge < -0.3 is 10.1 Å². The normalized spacial score (nSPS) is 19.5. The van der Waals surface area contributed by atoms with Gasteiger partial charge in [-0.15, -0.1) is 0 Å². The van der Waals surface area contributed by atoms with Crippen LogP contribution < -0.4 is 5.32 Å². The molecule has 0 radical (unpaired) electrons. The average Bonchev–Trinajstić information content (AvgIpc) is 2.94. The number of carbonyl (C=O) groups excluding carboxylic acids is 2. The van der Waals surface area contributed by atoms with Gasteiger partial charge >= 0.3 is 5.97 Å². The van der Waals surface area contributed by atoms with Crippen molar-refractivity contribution in [1.29, 1.82) is 0 Å². The number of rotatable bonds is 5. The van der Waals surface area contributed by atoms with E-state index < -0.39 is 5.60 Å². The van der Waals surface area contributed by atoms with E-state index in [1.807, 2.05) is 56.9 Å². The summed E-state index contributed by atoms with van der Waals surface area (Å²) >= 11 is 5.88. The van der Waals surface area contributed by atoms with Crippen molar-refractivity contribution in [3.63, 3.8) is 0 Å². The van der Waals surface area contributed by atoms with Crippen molar-refractivity contribution in [1.82, 2.24) is 10.2 Å². The molecule has 0 spiro atoms. The number of hydrogen-bond donors (Lipinski definition) is 1. The molecule has 1 N–H and O–H groups in total. The number of ether oxygens (including phenoxy) is 1. The molecule has 6 heteroatoms. The van der Waals surface area contributed by atoms with E-state index >= 15 is 0 Å². The van der Waals surface area contributed by atoms with Gasteiger partial charge in [0.25, 0.3) is 0 Å². The van der Waals surface area contributed by atoms with E-state index in [4.69, 9.17) is 16.3 Å². The van der Waals surface area contributed by atoms with E-state index in [0.717, 1.165) is 18.5 Å². The Morgan fingerprint density at radius 1 is 1.32 bits per heavy atom. The highest BCUT2D eigenvalue weighted by Crippen LogP contribution is 2.21. The first-order valence-electron chi connectivity index (χ1n) is 8.64. The van der Waals surface area contributed by atoms with Gasteiger partial charge in [-0.3, -0.25) is 14.5 Å². The van der Waals surface area contributed by atoms with E-state index in [1.54, 1.807) is 0 Å². The lowest BCUT2D eigenvalue weighted by Gasteiger charge is -2.22. The lowest BCUT2D eigenvalue weighted by molar-refractivity contribution is -0.159. The SMILES string of the molecule is C[C@@H](NC(=O)CN1CC[C@@H](C(=O)OC(C)(C)C)C1)c1ccc(Cl)cc1. The van der Waals surface area contributed by atoms with Crippen LogP contribution in [0.1, 0.15) is 45.7 Å². The standard InChI is InChI=1S/C19H27ClN2O3/c1-13(14-5-7-16(20)8-6-14)21-17(23)12-22-10-9-15(11-22)18(24)25-19(2,3)4/h5-8,13,15H,9-12H2,1-4H3,(H,21,23)/t13-,15-/m1/s1. The largest absolute Gasteiger partial charge is 0.460 e. The molecule has 138 valence electrons. The van der Waals surface area contributed by atoms with Crippen LogP contribution in [0.3, 0.4) is 0 Å². The number of hydrogen-bond acceptors (Lipinski definition) is 4. The molecular formula is C19H27ClN2O3. The van der Waals surface area contributed by atoms with Crippen LogP contribution in [0.2, 0.25) is 5.02 Å². The first-order chi connectivity index (χ1) is 11.6. The number of amides is 1. The van der Waals surface area contributed by atoms with Gasteiger partial charge in [-0.1, -0.05) is 23.7 Å². The summed E-state index contributed by atoms with van der Waals surface area (Å²) in [7, 11) is 0. The third kappa shape index (κ3) is 6.33. The zero-order valence-electron chi connectivity index (χ0n) is 15.3. The Kier molecular flexibility index (Phi) is 6.47. The van der Waals surface area contributed by atoms with Crippen LogP contribution in [-0.4, -0.2) is 42.0 Å². The van der Waals surface area contributed by atoms with Crippen LogP contribution in [0.25, 0.3) is 0 Å². The zero-order chi connectivity index (χ0) is 18.6. The molecule has 1 aliphatic heterocycles. The molecule has 25 heavy (non-hydrogen) atoms. The first-order valence-corrected chi connectivity index (χ1v) is 9.02. The van der Waals surface area contributed by atoms with E-state index in [2.05, 4.69) is 5.32 Å². The molecule has 5 nitrogen and oxygen atoms in total.